The van der Waals surface area contributed by atoms with E-state index in [4.69, 9.17) is 16.3 Å². The number of piperidine rings is 1. The molecule has 0 spiro atoms. The molecule has 2 aromatic rings. The Morgan fingerprint density at radius 2 is 1.91 bits per heavy atom. The second-order valence-corrected chi connectivity index (χ2v) is 8.83. The molecule has 9 nitrogen and oxygen atoms in total. The highest BCUT2D eigenvalue weighted by Gasteiger charge is 2.53. The van der Waals surface area contributed by atoms with E-state index in [9.17, 15) is 19.5 Å². The van der Waals surface area contributed by atoms with Crippen LogP contribution in [0.15, 0.2) is 59.7 Å². The molecule has 0 saturated carbocycles. The van der Waals surface area contributed by atoms with Crippen LogP contribution in [0.1, 0.15) is 12.0 Å². The van der Waals surface area contributed by atoms with Crippen LogP contribution in [0.25, 0.3) is 0 Å². The summed E-state index contributed by atoms with van der Waals surface area (Å²) in [5.74, 6) is -0.176. The third kappa shape index (κ3) is 4.84. The van der Waals surface area contributed by atoms with Crippen LogP contribution in [0.5, 0.6) is 5.75 Å². The average Bonchev–Trinajstić information content (AvgIpc) is 3.07. The second kappa shape index (κ2) is 9.72. The minimum Gasteiger partial charge on any atom is -0.491 e. The third-order valence-corrected chi connectivity index (χ3v) is 6.34. The predicted octanol–water partition coefficient (Wildman–Crippen LogP) is 2.64. The third-order valence-electron chi connectivity index (χ3n) is 6.09. The number of nitrogens with zero attached hydrogens (tertiary/aromatic N) is 3. The Kier molecular flexibility index (Phi) is 6.74. The summed E-state index contributed by atoms with van der Waals surface area (Å²) in [6.45, 7) is 0.235. The fourth-order valence-corrected chi connectivity index (χ4v) is 4.60. The standard InChI is InChI=1S/C24H25ClN4O5/c1-28-22(31)24(13-16-5-3-2-4-6-16)15-29(12-11-20(24)27-28)21(30)19(26-23(32)33)14-34-18-9-7-17(25)8-10-18/h2-10,19,26H,11-15H2,1H3,(H,32,33). The lowest BCUT2D eigenvalue weighted by atomic mass is 9.73. The fourth-order valence-electron chi connectivity index (χ4n) is 4.47. The Morgan fingerprint density at radius 1 is 1.21 bits per heavy atom. The van der Waals surface area contributed by atoms with Crippen molar-refractivity contribution in [2.75, 3.05) is 26.7 Å². The lowest BCUT2D eigenvalue weighted by molar-refractivity contribution is -0.141. The van der Waals surface area contributed by atoms with Gasteiger partial charge in [0.05, 0.1) is 5.71 Å². The highest BCUT2D eigenvalue weighted by molar-refractivity contribution is 6.30. The molecule has 2 heterocycles. The zero-order valence-corrected chi connectivity index (χ0v) is 19.4. The lowest BCUT2D eigenvalue weighted by Gasteiger charge is -2.40. The van der Waals surface area contributed by atoms with Crippen LogP contribution in [0.4, 0.5) is 4.79 Å². The molecule has 0 radical (unpaired) electrons. The largest absolute Gasteiger partial charge is 0.491 e. The van der Waals surface area contributed by atoms with Gasteiger partial charge < -0.3 is 20.1 Å². The number of benzene rings is 2. The van der Waals surface area contributed by atoms with Gasteiger partial charge in [-0.1, -0.05) is 41.9 Å². The summed E-state index contributed by atoms with van der Waals surface area (Å²) in [6, 6.07) is 15.0. The van der Waals surface area contributed by atoms with Gasteiger partial charge in [0.15, 0.2) is 0 Å². The number of rotatable bonds is 7. The van der Waals surface area contributed by atoms with Crippen molar-refractivity contribution in [3.8, 4) is 5.75 Å². The van der Waals surface area contributed by atoms with Crippen molar-refractivity contribution >= 4 is 35.2 Å². The molecule has 10 heteroatoms. The van der Waals surface area contributed by atoms with E-state index in [1.54, 1.807) is 31.3 Å². The van der Waals surface area contributed by atoms with Gasteiger partial charge in [-0.05, 0) is 36.2 Å². The van der Waals surface area contributed by atoms with Crippen molar-refractivity contribution in [1.29, 1.82) is 0 Å². The Hall–Kier alpha value is -3.59. The van der Waals surface area contributed by atoms with Crippen molar-refractivity contribution in [3.05, 3.63) is 65.2 Å². The van der Waals surface area contributed by atoms with Crippen LogP contribution in [-0.4, -0.2) is 71.4 Å². The van der Waals surface area contributed by atoms with E-state index in [0.717, 1.165) is 11.3 Å². The Balaban J connectivity index is 1.54. The zero-order valence-electron chi connectivity index (χ0n) is 18.6. The minimum atomic E-state index is -1.34. The number of carbonyl (C=O) groups is 3. The van der Waals surface area contributed by atoms with Crippen LogP contribution in [-0.2, 0) is 16.0 Å². The van der Waals surface area contributed by atoms with Gasteiger partial charge in [-0.3, -0.25) is 9.59 Å². The van der Waals surface area contributed by atoms with E-state index in [2.05, 4.69) is 10.4 Å². The maximum Gasteiger partial charge on any atom is 0.405 e. The van der Waals surface area contributed by atoms with E-state index in [1.165, 1.54) is 9.91 Å². The van der Waals surface area contributed by atoms with Crippen molar-refractivity contribution < 1.29 is 24.2 Å². The maximum atomic E-state index is 13.4. The smallest absolute Gasteiger partial charge is 0.405 e. The SMILES string of the molecule is CN1N=C2CCN(C(=O)C(COc3ccc(Cl)cc3)NC(=O)O)CC2(Cc2ccccc2)C1=O. The molecule has 2 aromatic carbocycles. The van der Waals surface area contributed by atoms with Gasteiger partial charge in [-0.15, -0.1) is 0 Å². The van der Waals surface area contributed by atoms with Crippen molar-refractivity contribution in [2.24, 2.45) is 10.5 Å². The van der Waals surface area contributed by atoms with Gasteiger partial charge in [0.2, 0.25) is 5.91 Å². The molecule has 2 atom stereocenters. The van der Waals surface area contributed by atoms with Gasteiger partial charge in [-0.25, -0.2) is 9.80 Å². The maximum absolute atomic E-state index is 13.4. The molecule has 2 unspecified atom stereocenters. The number of halogens is 1. The zero-order chi connectivity index (χ0) is 24.3. The molecule has 4 rings (SSSR count). The van der Waals surface area contributed by atoms with Gasteiger partial charge >= 0.3 is 6.09 Å². The number of nitrogens with one attached hydrogen (secondary N) is 1. The monoisotopic (exact) mass is 484 g/mol. The number of hydrogen-bond acceptors (Lipinski definition) is 5. The molecule has 0 bridgehead atoms. The highest BCUT2D eigenvalue weighted by Crippen LogP contribution is 2.38. The first-order valence-electron chi connectivity index (χ1n) is 10.9. The average molecular weight is 485 g/mol. The minimum absolute atomic E-state index is 0.113. The molecule has 2 aliphatic heterocycles. The van der Waals surface area contributed by atoms with E-state index < -0.39 is 23.5 Å². The van der Waals surface area contributed by atoms with Crippen molar-refractivity contribution in [1.82, 2.24) is 15.2 Å². The fraction of sp³-hybridized carbons (Fsp3) is 0.333. The molecular weight excluding hydrogens is 460 g/mol. The molecule has 1 saturated heterocycles. The second-order valence-electron chi connectivity index (χ2n) is 8.40. The van der Waals surface area contributed by atoms with Gasteiger partial charge in [0, 0.05) is 31.6 Å². The number of carbonyl (C=O) groups excluding carboxylic acids is 2. The topological polar surface area (TPSA) is 112 Å². The molecule has 34 heavy (non-hydrogen) atoms. The first-order chi connectivity index (χ1) is 16.3. The number of carboxylic acid groups (broad SMARTS) is 1. The van der Waals surface area contributed by atoms with Crippen LogP contribution in [0.2, 0.25) is 5.02 Å². The summed E-state index contributed by atoms with van der Waals surface area (Å²) in [4.78, 5) is 39.6. The first-order valence-corrected chi connectivity index (χ1v) is 11.2. The number of ether oxygens (including phenoxy) is 1. The molecule has 0 aromatic heterocycles. The summed E-state index contributed by atoms with van der Waals surface area (Å²) >= 11 is 5.89. The number of likely N-dealkylation sites (tertiary alicyclic amines) is 1. The molecule has 2 N–H and O–H groups in total. The Morgan fingerprint density at radius 3 is 2.59 bits per heavy atom. The summed E-state index contributed by atoms with van der Waals surface area (Å²) in [7, 11) is 1.61. The van der Waals surface area contributed by atoms with E-state index in [1.807, 2.05) is 30.3 Å². The molecule has 178 valence electrons. The summed E-state index contributed by atoms with van der Waals surface area (Å²) in [5.41, 5.74) is 0.724. The molecular formula is C24H25ClN4O5. The Labute approximate surface area is 201 Å². The van der Waals surface area contributed by atoms with Crippen LogP contribution >= 0.6 is 11.6 Å². The van der Waals surface area contributed by atoms with Crippen LogP contribution in [0, 0.1) is 5.41 Å². The van der Waals surface area contributed by atoms with Crippen molar-refractivity contribution in [2.45, 2.75) is 18.9 Å². The number of amides is 3. The molecule has 3 amide bonds. The first kappa shape index (κ1) is 23.6. The van der Waals surface area contributed by atoms with Gasteiger partial charge in [-0.2, -0.15) is 5.10 Å². The highest BCUT2D eigenvalue weighted by atomic mass is 35.5. The normalized spacial score (nSPS) is 20.4. The van der Waals surface area contributed by atoms with E-state index in [0.29, 0.717) is 30.2 Å². The number of hydrogen-bond donors (Lipinski definition) is 2. The van der Waals surface area contributed by atoms with Crippen LogP contribution < -0.4 is 10.1 Å². The lowest BCUT2D eigenvalue weighted by Crippen LogP contribution is -2.59. The van der Waals surface area contributed by atoms with Gasteiger partial charge in [0.1, 0.15) is 23.8 Å². The quantitative estimate of drug-likeness (QED) is 0.627. The summed E-state index contributed by atoms with van der Waals surface area (Å²) in [5, 5.41) is 17.9. The predicted molar refractivity (Wildman–Crippen MR) is 126 cm³/mol. The summed E-state index contributed by atoms with van der Waals surface area (Å²) in [6.07, 6.45) is -0.516. The number of fused-ring (bicyclic) bond motifs is 1. The van der Waals surface area contributed by atoms with Gasteiger partial charge in [0.25, 0.3) is 5.91 Å². The molecule has 1 fully saturated rings. The van der Waals surface area contributed by atoms with E-state index >= 15 is 0 Å². The summed E-state index contributed by atoms with van der Waals surface area (Å²) < 4.78 is 5.65. The number of hydrazone groups is 1. The van der Waals surface area contributed by atoms with Crippen molar-refractivity contribution in [3.63, 3.8) is 0 Å². The molecule has 2 aliphatic rings. The van der Waals surface area contributed by atoms with Crippen LogP contribution in [0.3, 0.4) is 0 Å². The molecule has 0 aliphatic carbocycles. The Bertz CT molecular complexity index is 1110. The van der Waals surface area contributed by atoms with E-state index in [-0.39, 0.29) is 19.1 Å².